The van der Waals surface area contributed by atoms with E-state index in [-0.39, 0.29) is 0 Å². The zero-order chi connectivity index (χ0) is 8.27. The maximum absolute atomic E-state index is 8.10. The highest BCUT2D eigenvalue weighted by molar-refractivity contribution is 6.31. The van der Waals surface area contributed by atoms with Gasteiger partial charge in [-0.1, -0.05) is 28.8 Å². The summed E-state index contributed by atoms with van der Waals surface area (Å²) < 4.78 is 0. The second kappa shape index (κ2) is 3.28. The first-order chi connectivity index (χ1) is 5.24. The summed E-state index contributed by atoms with van der Waals surface area (Å²) >= 11 is 5.77. The predicted molar refractivity (Wildman–Crippen MR) is 45.0 cm³/mol. The van der Waals surface area contributed by atoms with Gasteiger partial charge in [0.2, 0.25) is 0 Å². The van der Waals surface area contributed by atoms with Crippen molar-refractivity contribution in [1.82, 2.24) is 0 Å². The second-order valence-corrected chi connectivity index (χ2v) is 2.53. The number of nitrogens with zero attached hydrogens (tertiary/aromatic N) is 3. The molecule has 0 radical (unpaired) electrons. The van der Waals surface area contributed by atoms with Crippen LogP contribution in [0.25, 0.3) is 10.4 Å². The van der Waals surface area contributed by atoms with Crippen LogP contribution in [0.5, 0.6) is 0 Å². The fraction of sp³-hybridized carbons (Fsp3) is 0.143. The van der Waals surface area contributed by atoms with Gasteiger partial charge in [0, 0.05) is 15.6 Å². The predicted octanol–water partition coefficient (Wildman–Crippen LogP) is 3.59. The van der Waals surface area contributed by atoms with Crippen molar-refractivity contribution in [2.45, 2.75) is 6.92 Å². The molecule has 0 spiro atoms. The van der Waals surface area contributed by atoms with E-state index in [1.807, 2.05) is 13.0 Å². The average molecular weight is 168 g/mol. The summed E-state index contributed by atoms with van der Waals surface area (Å²) in [6.45, 7) is 1.89. The van der Waals surface area contributed by atoms with Crippen LogP contribution in [-0.4, -0.2) is 0 Å². The van der Waals surface area contributed by atoms with Crippen molar-refractivity contribution in [3.63, 3.8) is 0 Å². The van der Waals surface area contributed by atoms with Crippen LogP contribution in [0.15, 0.2) is 23.3 Å². The van der Waals surface area contributed by atoms with Gasteiger partial charge in [-0.25, -0.2) is 0 Å². The van der Waals surface area contributed by atoms with Crippen molar-refractivity contribution in [1.29, 1.82) is 0 Å². The molecule has 0 N–H and O–H groups in total. The third-order valence-corrected chi connectivity index (χ3v) is 1.72. The zero-order valence-corrected chi connectivity index (χ0v) is 6.71. The highest BCUT2D eigenvalue weighted by atomic mass is 35.5. The molecular weight excluding hydrogens is 162 g/mol. The van der Waals surface area contributed by atoms with E-state index in [9.17, 15) is 0 Å². The van der Waals surface area contributed by atoms with Gasteiger partial charge in [0.05, 0.1) is 0 Å². The highest BCUT2D eigenvalue weighted by Gasteiger charge is 1.94. The molecule has 0 aliphatic carbocycles. The monoisotopic (exact) mass is 167 g/mol. The molecule has 0 fully saturated rings. The first-order valence-corrected chi connectivity index (χ1v) is 3.43. The van der Waals surface area contributed by atoms with Gasteiger partial charge in [0.25, 0.3) is 0 Å². The van der Waals surface area contributed by atoms with Gasteiger partial charge in [-0.15, -0.1) is 0 Å². The molecule has 11 heavy (non-hydrogen) atoms. The Balaban J connectivity index is 3.14. The van der Waals surface area contributed by atoms with E-state index in [0.29, 0.717) is 10.7 Å². The molecule has 0 aliphatic rings. The van der Waals surface area contributed by atoms with Gasteiger partial charge in [-0.2, -0.15) is 0 Å². The quantitative estimate of drug-likeness (QED) is 0.349. The van der Waals surface area contributed by atoms with E-state index < -0.39 is 0 Å². The molecular formula is C7H6ClN3. The van der Waals surface area contributed by atoms with Crippen LogP contribution in [0, 0.1) is 6.92 Å². The Hall–Kier alpha value is -1.18. The molecule has 0 aliphatic heterocycles. The topological polar surface area (TPSA) is 48.8 Å². The van der Waals surface area contributed by atoms with Crippen molar-refractivity contribution in [3.8, 4) is 0 Å². The molecule has 0 bridgehead atoms. The molecule has 0 saturated heterocycles. The number of benzene rings is 1. The highest BCUT2D eigenvalue weighted by Crippen LogP contribution is 2.21. The number of halogens is 1. The Morgan fingerprint density at radius 1 is 1.55 bits per heavy atom. The fourth-order valence-electron chi connectivity index (χ4n) is 0.696. The summed E-state index contributed by atoms with van der Waals surface area (Å²) in [5.74, 6) is 0. The standard InChI is InChI=1S/C7H6ClN3/c1-5-2-3-6(10-11-9)4-7(5)8/h2-4H,1H3. The summed E-state index contributed by atoms with van der Waals surface area (Å²) in [6.07, 6.45) is 0. The van der Waals surface area contributed by atoms with Crippen LogP contribution in [-0.2, 0) is 0 Å². The van der Waals surface area contributed by atoms with E-state index in [4.69, 9.17) is 17.1 Å². The van der Waals surface area contributed by atoms with Gasteiger partial charge >= 0.3 is 0 Å². The van der Waals surface area contributed by atoms with E-state index in [0.717, 1.165) is 5.56 Å². The smallest absolute Gasteiger partial charge is 0.0439 e. The van der Waals surface area contributed by atoms with E-state index >= 15 is 0 Å². The number of hydrogen-bond donors (Lipinski definition) is 0. The van der Waals surface area contributed by atoms with Crippen LogP contribution < -0.4 is 0 Å². The Morgan fingerprint density at radius 3 is 2.82 bits per heavy atom. The van der Waals surface area contributed by atoms with Crippen LogP contribution in [0.4, 0.5) is 5.69 Å². The SMILES string of the molecule is Cc1ccc(N=[N+]=[N-])cc1Cl. The summed E-state index contributed by atoms with van der Waals surface area (Å²) in [6, 6.07) is 5.17. The molecule has 56 valence electrons. The molecule has 0 heterocycles. The van der Waals surface area contributed by atoms with E-state index in [1.54, 1.807) is 12.1 Å². The van der Waals surface area contributed by atoms with Crippen molar-refractivity contribution >= 4 is 17.3 Å². The molecule has 0 atom stereocenters. The lowest BCUT2D eigenvalue weighted by Gasteiger charge is -1.96. The van der Waals surface area contributed by atoms with Crippen LogP contribution >= 0.6 is 11.6 Å². The third-order valence-electron chi connectivity index (χ3n) is 1.32. The Labute approximate surface area is 69.2 Å². The lowest BCUT2D eigenvalue weighted by Crippen LogP contribution is -1.71. The lowest BCUT2D eigenvalue weighted by atomic mass is 10.2. The minimum Gasteiger partial charge on any atom is -0.0840 e. The van der Waals surface area contributed by atoms with Gasteiger partial charge in [-0.3, -0.25) is 0 Å². The number of azide groups is 1. The Bertz CT molecular complexity index is 315. The fourth-order valence-corrected chi connectivity index (χ4v) is 0.870. The van der Waals surface area contributed by atoms with Crippen molar-refractivity contribution in [3.05, 3.63) is 39.2 Å². The zero-order valence-electron chi connectivity index (χ0n) is 5.95. The second-order valence-electron chi connectivity index (χ2n) is 2.12. The minimum atomic E-state index is 0.545. The minimum absolute atomic E-state index is 0.545. The van der Waals surface area contributed by atoms with Gasteiger partial charge in [-0.05, 0) is 24.1 Å². The van der Waals surface area contributed by atoms with Gasteiger partial charge < -0.3 is 0 Å². The summed E-state index contributed by atoms with van der Waals surface area (Å²) in [4.78, 5) is 2.64. The Morgan fingerprint density at radius 2 is 2.27 bits per heavy atom. The summed E-state index contributed by atoms with van der Waals surface area (Å²) in [5.41, 5.74) is 9.62. The van der Waals surface area contributed by atoms with Crippen LogP contribution in [0.3, 0.4) is 0 Å². The van der Waals surface area contributed by atoms with Gasteiger partial charge in [0.1, 0.15) is 0 Å². The molecule has 0 amide bonds. The molecule has 0 unspecified atom stereocenters. The maximum Gasteiger partial charge on any atom is 0.0439 e. The lowest BCUT2D eigenvalue weighted by molar-refractivity contribution is 1.42. The molecule has 1 aromatic rings. The first-order valence-electron chi connectivity index (χ1n) is 3.05. The maximum atomic E-state index is 8.10. The number of aryl methyl sites for hydroxylation is 1. The number of hydrogen-bond acceptors (Lipinski definition) is 1. The molecule has 4 heteroatoms. The number of rotatable bonds is 1. The molecule has 0 saturated carbocycles. The largest absolute Gasteiger partial charge is 0.0840 e. The molecule has 0 aromatic heterocycles. The summed E-state index contributed by atoms with van der Waals surface area (Å²) in [7, 11) is 0. The van der Waals surface area contributed by atoms with Crippen LogP contribution in [0.1, 0.15) is 5.56 Å². The third kappa shape index (κ3) is 1.87. The van der Waals surface area contributed by atoms with Crippen LogP contribution in [0.2, 0.25) is 5.02 Å². The molecule has 1 rings (SSSR count). The van der Waals surface area contributed by atoms with Crippen molar-refractivity contribution in [2.24, 2.45) is 5.11 Å². The molecule has 3 nitrogen and oxygen atoms in total. The Kier molecular flexibility index (Phi) is 2.36. The summed E-state index contributed by atoms with van der Waals surface area (Å²) in [5, 5.41) is 4.03. The normalized spacial score (nSPS) is 8.91. The van der Waals surface area contributed by atoms with Gasteiger partial charge in [0.15, 0.2) is 0 Å². The molecule has 1 aromatic carbocycles. The van der Waals surface area contributed by atoms with Crippen molar-refractivity contribution < 1.29 is 0 Å². The average Bonchev–Trinajstić information content (AvgIpc) is 1.98. The van der Waals surface area contributed by atoms with Crippen molar-refractivity contribution in [2.75, 3.05) is 0 Å². The van der Waals surface area contributed by atoms with E-state index in [1.165, 1.54) is 0 Å². The van der Waals surface area contributed by atoms with E-state index in [2.05, 4.69) is 10.0 Å². The first kappa shape index (κ1) is 7.92.